The first-order valence-corrected chi connectivity index (χ1v) is 10.1. The summed E-state index contributed by atoms with van der Waals surface area (Å²) in [5.74, 6) is 0.109. The molecule has 1 saturated heterocycles. The van der Waals surface area contributed by atoms with Gasteiger partial charge in [0.05, 0.1) is 23.3 Å². The minimum absolute atomic E-state index is 0.0136. The number of hydrogen-bond donors (Lipinski definition) is 1. The normalized spacial score (nSPS) is 17.3. The molecule has 4 nitrogen and oxygen atoms in total. The molecule has 0 spiro atoms. The number of amides is 1. The summed E-state index contributed by atoms with van der Waals surface area (Å²) in [6, 6.07) is 13.3. The topological polar surface area (TPSA) is 35.6 Å². The van der Waals surface area contributed by atoms with E-state index in [1.54, 1.807) is 6.07 Å². The SMILES string of the molecule is CCNCC(=O)N1CCN(c2ccc(Cl)cc2Cl)[C@H](c2ccc(Cl)cc2)C1. The number of halogens is 3. The third-order valence-corrected chi connectivity index (χ3v) is 5.52. The Hall–Kier alpha value is -1.46. The molecule has 1 aliphatic rings. The molecule has 1 N–H and O–H groups in total. The van der Waals surface area contributed by atoms with Crippen LogP contribution in [0.5, 0.6) is 0 Å². The van der Waals surface area contributed by atoms with Gasteiger partial charge in [0.1, 0.15) is 0 Å². The number of carbonyl (C=O) groups is 1. The van der Waals surface area contributed by atoms with Crippen molar-refractivity contribution in [3.63, 3.8) is 0 Å². The van der Waals surface area contributed by atoms with Gasteiger partial charge in [0.15, 0.2) is 0 Å². The smallest absolute Gasteiger partial charge is 0.236 e. The second-order valence-corrected chi connectivity index (χ2v) is 7.76. The van der Waals surface area contributed by atoms with Gasteiger partial charge in [-0.1, -0.05) is 53.9 Å². The van der Waals surface area contributed by atoms with Gasteiger partial charge in [-0.05, 0) is 42.4 Å². The van der Waals surface area contributed by atoms with Crippen molar-refractivity contribution in [3.05, 3.63) is 63.1 Å². The first kappa shape index (κ1) is 20.3. The van der Waals surface area contributed by atoms with E-state index in [1.165, 1.54) is 0 Å². The lowest BCUT2D eigenvalue weighted by molar-refractivity contribution is -0.131. The summed E-state index contributed by atoms with van der Waals surface area (Å²) in [4.78, 5) is 16.7. The van der Waals surface area contributed by atoms with E-state index in [9.17, 15) is 4.79 Å². The van der Waals surface area contributed by atoms with Gasteiger partial charge in [-0.25, -0.2) is 0 Å². The van der Waals surface area contributed by atoms with Gasteiger partial charge >= 0.3 is 0 Å². The van der Waals surface area contributed by atoms with Crippen LogP contribution in [0.15, 0.2) is 42.5 Å². The Morgan fingerprint density at radius 3 is 2.44 bits per heavy atom. The van der Waals surface area contributed by atoms with Crippen LogP contribution in [0.1, 0.15) is 18.5 Å². The Kier molecular flexibility index (Phi) is 6.88. The van der Waals surface area contributed by atoms with Crippen molar-refractivity contribution in [3.8, 4) is 0 Å². The van der Waals surface area contributed by atoms with Gasteiger partial charge in [0.2, 0.25) is 5.91 Å². The summed E-state index contributed by atoms with van der Waals surface area (Å²) in [6.07, 6.45) is 0. The van der Waals surface area contributed by atoms with Crippen LogP contribution < -0.4 is 10.2 Å². The maximum Gasteiger partial charge on any atom is 0.236 e. The minimum Gasteiger partial charge on any atom is -0.360 e. The number of rotatable bonds is 5. The van der Waals surface area contributed by atoms with Gasteiger partial charge in [-0.2, -0.15) is 0 Å². The van der Waals surface area contributed by atoms with Gasteiger partial charge in [0.25, 0.3) is 0 Å². The number of likely N-dealkylation sites (N-methyl/N-ethyl adjacent to an activating group) is 1. The van der Waals surface area contributed by atoms with Crippen molar-refractivity contribution in [1.29, 1.82) is 0 Å². The molecule has 1 atom stereocenters. The summed E-state index contributed by atoms with van der Waals surface area (Å²) in [6.45, 7) is 5.03. The van der Waals surface area contributed by atoms with Crippen molar-refractivity contribution in [2.45, 2.75) is 13.0 Å². The second-order valence-electron chi connectivity index (χ2n) is 6.48. The summed E-state index contributed by atoms with van der Waals surface area (Å²) >= 11 is 18.6. The largest absolute Gasteiger partial charge is 0.360 e. The maximum atomic E-state index is 12.5. The fourth-order valence-corrected chi connectivity index (χ4v) is 3.97. The van der Waals surface area contributed by atoms with Gasteiger partial charge < -0.3 is 15.1 Å². The first-order valence-electron chi connectivity index (χ1n) is 8.95. The number of carbonyl (C=O) groups excluding carboxylic acids is 1. The van der Waals surface area contributed by atoms with Crippen LogP contribution in [-0.4, -0.2) is 43.5 Å². The summed E-state index contributed by atoms with van der Waals surface area (Å²) < 4.78 is 0. The van der Waals surface area contributed by atoms with Crippen molar-refractivity contribution in [2.75, 3.05) is 37.6 Å². The maximum absolute atomic E-state index is 12.5. The molecule has 2 aromatic carbocycles. The van der Waals surface area contributed by atoms with Crippen LogP contribution in [0.2, 0.25) is 15.1 Å². The zero-order valence-electron chi connectivity index (χ0n) is 15.1. The number of anilines is 1. The fraction of sp³-hybridized carbons (Fsp3) is 0.350. The Labute approximate surface area is 175 Å². The average Bonchev–Trinajstić information content (AvgIpc) is 2.66. The lowest BCUT2D eigenvalue weighted by Gasteiger charge is -2.43. The zero-order chi connectivity index (χ0) is 19.4. The van der Waals surface area contributed by atoms with Gasteiger partial charge in [-0.15, -0.1) is 0 Å². The van der Waals surface area contributed by atoms with Crippen molar-refractivity contribution >= 4 is 46.4 Å². The third-order valence-electron chi connectivity index (χ3n) is 4.73. The molecule has 1 amide bonds. The minimum atomic E-state index is -0.0136. The molecular formula is C20H22Cl3N3O. The molecule has 0 bridgehead atoms. The molecule has 0 aromatic heterocycles. The van der Waals surface area contributed by atoms with Crippen LogP contribution in [0.4, 0.5) is 5.69 Å². The van der Waals surface area contributed by atoms with Crippen molar-refractivity contribution in [1.82, 2.24) is 10.2 Å². The average molecular weight is 427 g/mol. The number of hydrogen-bond acceptors (Lipinski definition) is 3. The number of nitrogens with one attached hydrogen (secondary N) is 1. The standard InChI is InChI=1S/C20H22Cl3N3O/c1-2-24-12-20(27)25-9-10-26(18-8-7-16(22)11-17(18)23)19(13-25)14-3-5-15(21)6-4-14/h3-8,11,19,24H,2,9-10,12-13H2,1H3/t19-/m0/s1. The molecule has 1 fully saturated rings. The molecule has 1 heterocycles. The van der Waals surface area contributed by atoms with Gasteiger partial charge in [-0.3, -0.25) is 4.79 Å². The molecule has 0 radical (unpaired) electrons. The van der Waals surface area contributed by atoms with Crippen LogP contribution >= 0.6 is 34.8 Å². The highest BCUT2D eigenvalue weighted by Crippen LogP contribution is 2.36. The molecule has 3 rings (SSSR count). The predicted octanol–water partition coefficient (Wildman–Crippen LogP) is 4.65. The summed E-state index contributed by atoms with van der Waals surface area (Å²) in [5, 5.41) is 5.00. The molecule has 144 valence electrons. The van der Waals surface area contributed by atoms with E-state index < -0.39 is 0 Å². The van der Waals surface area contributed by atoms with E-state index in [1.807, 2.05) is 48.2 Å². The van der Waals surface area contributed by atoms with E-state index in [0.717, 1.165) is 17.8 Å². The van der Waals surface area contributed by atoms with Crippen LogP contribution in [-0.2, 0) is 4.79 Å². The monoisotopic (exact) mass is 425 g/mol. The van der Waals surface area contributed by atoms with E-state index in [0.29, 0.717) is 41.2 Å². The summed E-state index contributed by atoms with van der Waals surface area (Å²) in [7, 11) is 0. The van der Waals surface area contributed by atoms with E-state index >= 15 is 0 Å². The number of piperazine rings is 1. The number of nitrogens with zero attached hydrogens (tertiary/aromatic N) is 2. The Balaban J connectivity index is 1.90. The molecule has 0 saturated carbocycles. The second kappa shape index (κ2) is 9.16. The first-order chi connectivity index (χ1) is 13.0. The van der Waals surface area contributed by atoms with Crippen molar-refractivity contribution < 1.29 is 4.79 Å². The summed E-state index contributed by atoms with van der Waals surface area (Å²) in [5.41, 5.74) is 2.01. The van der Waals surface area contributed by atoms with E-state index in [-0.39, 0.29) is 11.9 Å². The fourth-order valence-electron chi connectivity index (χ4n) is 3.33. The highest BCUT2D eigenvalue weighted by Gasteiger charge is 2.31. The third kappa shape index (κ3) is 4.88. The zero-order valence-corrected chi connectivity index (χ0v) is 17.4. The molecule has 27 heavy (non-hydrogen) atoms. The predicted molar refractivity (Wildman–Crippen MR) is 113 cm³/mol. The highest BCUT2D eigenvalue weighted by molar-refractivity contribution is 6.36. The van der Waals surface area contributed by atoms with Crippen LogP contribution in [0.25, 0.3) is 0 Å². The molecule has 7 heteroatoms. The molecule has 0 aliphatic carbocycles. The number of benzene rings is 2. The Bertz CT molecular complexity index is 798. The molecule has 1 aliphatic heterocycles. The molecule has 2 aromatic rings. The Morgan fingerprint density at radius 2 is 1.78 bits per heavy atom. The lowest BCUT2D eigenvalue weighted by atomic mass is 10.0. The quantitative estimate of drug-likeness (QED) is 0.756. The van der Waals surface area contributed by atoms with E-state index in [2.05, 4.69) is 10.2 Å². The van der Waals surface area contributed by atoms with E-state index in [4.69, 9.17) is 34.8 Å². The van der Waals surface area contributed by atoms with Crippen molar-refractivity contribution in [2.24, 2.45) is 0 Å². The van der Waals surface area contributed by atoms with Crippen LogP contribution in [0, 0.1) is 0 Å². The lowest BCUT2D eigenvalue weighted by Crippen LogP contribution is -2.52. The Morgan fingerprint density at radius 1 is 1.07 bits per heavy atom. The molecule has 0 unspecified atom stereocenters. The highest BCUT2D eigenvalue weighted by atomic mass is 35.5. The van der Waals surface area contributed by atoms with Gasteiger partial charge in [0, 0.05) is 29.7 Å². The molecular weight excluding hydrogens is 405 g/mol. The van der Waals surface area contributed by atoms with Crippen LogP contribution in [0.3, 0.4) is 0 Å².